The first-order chi connectivity index (χ1) is 19.4. The van der Waals surface area contributed by atoms with Crippen molar-refractivity contribution in [1.29, 1.82) is 10.5 Å². The number of rotatable bonds is 8. The van der Waals surface area contributed by atoms with E-state index in [1.165, 1.54) is 30.7 Å². The molecule has 3 aromatic carbocycles. The lowest BCUT2D eigenvalue weighted by molar-refractivity contribution is -0.385. The summed E-state index contributed by atoms with van der Waals surface area (Å²) in [6, 6.07) is 22.1. The van der Waals surface area contributed by atoms with Crippen molar-refractivity contribution in [1.82, 2.24) is 9.97 Å². The molecule has 0 saturated carbocycles. The third-order valence-corrected chi connectivity index (χ3v) is 6.09. The Labute approximate surface area is 232 Å². The largest absolute Gasteiger partial charge is 0.487 e. The molecule has 0 aliphatic carbocycles. The minimum Gasteiger partial charge on any atom is -0.487 e. The van der Waals surface area contributed by atoms with Crippen molar-refractivity contribution in [3.8, 4) is 29.4 Å². The third kappa shape index (κ3) is 5.58. The number of hydrogen-bond donors (Lipinski definition) is 1. The summed E-state index contributed by atoms with van der Waals surface area (Å²) in [5, 5.41) is 34.5. The molecule has 10 nitrogen and oxygen atoms in total. The summed E-state index contributed by atoms with van der Waals surface area (Å²) in [5.41, 5.74) is 2.44. The van der Waals surface area contributed by atoms with E-state index in [-0.39, 0.29) is 23.6 Å². The lowest BCUT2D eigenvalue weighted by Gasteiger charge is -2.14. The van der Waals surface area contributed by atoms with Crippen molar-refractivity contribution in [2.45, 2.75) is 6.61 Å². The number of pyridine rings is 2. The number of fused-ring (bicyclic) bond motifs is 1. The van der Waals surface area contributed by atoms with Crippen LogP contribution in [0.5, 0.6) is 17.2 Å². The van der Waals surface area contributed by atoms with Gasteiger partial charge < -0.3 is 14.8 Å². The molecule has 0 amide bonds. The minimum absolute atomic E-state index is 0.00305. The monoisotopic (exact) mass is 548 g/mol. The fraction of sp³-hybridized carbons (Fsp3) is 0.0345. The second kappa shape index (κ2) is 11.4. The molecule has 0 spiro atoms. The zero-order valence-corrected chi connectivity index (χ0v) is 21.3. The highest BCUT2D eigenvalue weighted by Gasteiger charge is 2.21. The predicted molar refractivity (Wildman–Crippen MR) is 148 cm³/mol. The zero-order chi connectivity index (χ0) is 28.1. The quantitative estimate of drug-likeness (QED) is 0.159. The molecule has 5 rings (SSSR count). The van der Waals surface area contributed by atoms with Crippen LogP contribution in [0, 0.1) is 32.8 Å². The average Bonchev–Trinajstić information content (AvgIpc) is 2.97. The van der Waals surface area contributed by atoms with Gasteiger partial charge in [-0.25, -0.2) is 0 Å². The summed E-state index contributed by atoms with van der Waals surface area (Å²) in [4.78, 5) is 19.6. The van der Waals surface area contributed by atoms with Crippen molar-refractivity contribution in [2.24, 2.45) is 0 Å². The van der Waals surface area contributed by atoms with Crippen molar-refractivity contribution in [3.05, 3.63) is 117 Å². The summed E-state index contributed by atoms with van der Waals surface area (Å²) in [7, 11) is 0. The van der Waals surface area contributed by atoms with E-state index in [4.69, 9.17) is 26.3 Å². The number of hydrogen-bond acceptors (Lipinski definition) is 9. The first kappa shape index (κ1) is 25.9. The summed E-state index contributed by atoms with van der Waals surface area (Å²) < 4.78 is 11.6. The summed E-state index contributed by atoms with van der Waals surface area (Å²) in [5.74, 6) is 0.791. The number of anilines is 2. The Hall–Kier alpha value is -5.71. The van der Waals surface area contributed by atoms with Gasteiger partial charge in [0.2, 0.25) is 5.75 Å². The number of nitro groups is 1. The Kier molecular flexibility index (Phi) is 7.36. The van der Waals surface area contributed by atoms with Gasteiger partial charge in [0.1, 0.15) is 24.2 Å². The van der Waals surface area contributed by atoms with Crippen molar-refractivity contribution in [2.75, 3.05) is 5.32 Å². The molecule has 0 atom stereocenters. The molecule has 11 heteroatoms. The molecular weight excluding hydrogens is 532 g/mol. The van der Waals surface area contributed by atoms with E-state index in [9.17, 15) is 15.4 Å². The predicted octanol–water partition coefficient (Wildman–Crippen LogP) is 7.05. The number of ether oxygens (including phenoxy) is 2. The van der Waals surface area contributed by atoms with Gasteiger partial charge in [-0.15, -0.1) is 0 Å². The molecule has 194 valence electrons. The number of nitro benzene ring substituents is 1. The van der Waals surface area contributed by atoms with E-state index in [1.807, 2.05) is 6.07 Å². The molecule has 40 heavy (non-hydrogen) atoms. The van der Waals surface area contributed by atoms with Gasteiger partial charge in [0, 0.05) is 41.8 Å². The van der Waals surface area contributed by atoms with Crippen molar-refractivity contribution in [3.63, 3.8) is 0 Å². The highest BCUT2D eigenvalue weighted by atomic mass is 35.5. The van der Waals surface area contributed by atoms with Crippen molar-refractivity contribution < 1.29 is 14.4 Å². The van der Waals surface area contributed by atoms with Crippen LogP contribution >= 0.6 is 11.6 Å². The Morgan fingerprint density at radius 3 is 2.55 bits per heavy atom. The Morgan fingerprint density at radius 1 is 1.00 bits per heavy atom. The number of nitriles is 2. The van der Waals surface area contributed by atoms with Crippen LogP contribution in [-0.4, -0.2) is 14.9 Å². The smallest absolute Gasteiger partial charge is 0.312 e. The van der Waals surface area contributed by atoms with Crippen LogP contribution in [0.25, 0.3) is 10.9 Å². The summed E-state index contributed by atoms with van der Waals surface area (Å²) >= 11 is 6.47. The van der Waals surface area contributed by atoms with Crippen molar-refractivity contribution >= 4 is 39.6 Å². The molecule has 0 aliphatic rings. The fourth-order valence-corrected chi connectivity index (χ4v) is 4.15. The molecule has 0 radical (unpaired) electrons. The van der Waals surface area contributed by atoms with E-state index in [0.29, 0.717) is 44.4 Å². The van der Waals surface area contributed by atoms with E-state index in [1.54, 1.807) is 48.5 Å². The maximum Gasteiger partial charge on any atom is 0.312 e. The topological polar surface area (TPSA) is 147 Å². The number of benzene rings is 3. The van der Waals surface area contributed by atoms with Gasteiger partial charge >= 0.3 is 5.69 Å². The number of halogens is 1. The Bertz CT molecular complexity index is 1830. The van der Waals surface area contributed by atoms with Crippen LogP contribution in [0.2, 0.25) is 5.02 Å². The molecule has 5 aromatic rings. The van der Waals surface area contributed by atoms with Gasteiger partial charge in [-0.1, -0.05) is 23.7 Å². The fourth-order valence-electron chi connectivity index (χ4n) is 3.92. The van der Waals surface area contributed by atoms with Crippen LogP contribution in [0.4, 0.5) is 17.1 Å². The van der Waals surface area contributed by atoms with E-state index >= 15 is 0 Å². The van der Waals surface area contributed by atoms with Crippen LogP contribution in [0.3, 0.4) is 0 Å². The SMILES string of the molecule is N#Cc1cccc(COc2ccc(Nc3c(C#N)cnc4cc(Oc5ccncc5)c([N+](=O)[O-])cc34)cc2Cl)c1. The van der Waals surface area contributed by atoms with Gasteiger partial charge in [-0.05, 0) is 48.0 Å². The Balaban J connectivity index is 1.46. The molecule has 2 aromatic heterocycles. The second-order valence-corrected chi connectivity index (χ2v) is 8.82. The molecule has 2 heterocycles. The van der Waals surface area contributed by atoms with Crippen LogP contribution in [0.1, 0.15) is 16.7 Å². The second-order valence-electron chi connectivity index (χ2n) is 8.41. The molecule has 1 N–H and O–H groups in total. The van der Waals surface area contributed by atoms with Crippen LogP contribution in [-0.2, 0) is 6.61 Å². The molecule has 0 fully saturated rings. The highest BCUT2D eigenvalue weighted by Crippen LogP contribution is 2.39. The number of nitrogens with one attached hydrogen (secondary N) is 1. The van der Waals surface area contributed by atoms with Gasteiger partial charge in [0.25, 0.3) is 0 Å². The molecule has 0 unspecified atom stereocenters. The molecular formula is C29H17ClN6O4. The number of nitrogens with zero attached hydrogens (tertiary/aromatic N) is 5. The molecule has 0 saturated heterocycles. The summed E-state index contributed by atoms with van der Waals surface area (Å²) in [6.07, 6.45) is 4.39. The maximum atomic E-state index is 11.9. The van der Waals surface area contributed by atoms with Gasteiger partial charge in [-0.2, -0.15) is 10.5 Å². The number of aromatic nitrogens is 2. The molecule has 0 aliphatic heterocycles. The maximum absolute atomic E-state index is 11.9. The lowest BCUT2D eigenvalue weighted by Crippen LogP contribution is -2.00. The molecule has 0 bridgehead atoms. The normalized spacial score (nSPS) is 10.4. The summed E-state index contributed by atoms with van der Waals surface area (Å²) in [6.45, 7) is 0.211. The lowest BCUT2D eigenvalue weighted by atomic mass is 10.1. The minimum atomic E-state index is -0.561. The third-order valence-electron chi connectivity index (χ3n) is 5.80. The first-order valence-corrected chi connectivity index (χ1v) is 12.1. The van der Waals surface area contributed by atoms with Gasteiger partial charge in [0.15, 0.2) is 0 Å². The van der Waals surface area contributed by atoms with Gasteiger partial charge in [-0.3, -0.25) is 20.1 Å². The Morgan fingerprint density at radius 2 is 1.82 bits per heavy atom. The van der Waals surface area contributed by atoms with E-state index in [0.717, 1.165) is 5.56 Å². The van der Waals surface area contributed by atoms with Crippen LogP contribution in [0.15, 0.2) is 85.3 Å². The zero-order valence-electron chi connectivity index (χ0n) is 20.5. The average molecular weight is 549 g/mol. The van der Waals surface area contributed by atoms with E-state index in [2.05, 4.69) is 27.4 Å². The van der Waals surface area contributed by atoms with Crippen LogP contribution < -0.4 is 14.8 Å². The van der Waals surface area contributed by atoms with E-state index < -0.39 is 4.92 Å². The van der Waals surface area contributed by atoms with Gasteiger partial charge in [0.05, 0.1) is 38.3 Å². The highest BCUT2D eigenvalue weighted by molar-refractivity contribution is 6.32. The first-order valence-electron chi connectivity index (χ1n) is 11.7. The standard InChI is InChI=1S/C29H17ClN6O4/c30-24-11-21(4-5-27(24)39-17-19-3-1-2-18(10-19)14-31)35-29-20(15-32)16-34-25-13-28(26(36(37)38)12-23(25)29)40-22-6-8-33-9-7-22/h1-13,16H,17H2,(H,34,35).